The van der Waals surface area contributed by atoms with Gasteiger partial charge in [0, 0.05) is 44.9 Å². The van der Waals surface area contributed by atoms with Crippen molar-refractivity contribution >= 4 is 95.8 Å². The maximum absolute atomic E-state index is 2.69. The van der Waals surface area contributed by atoms with Gasteiger partial charge in [0.15, 0.2) is 0 Å². The molecule has 0 saturated heterocycles. The van der Waals surface area contributed by atoms with Crippen LogP contribution in [0.2, 0.25) is 0 Å². The standard InChI is InChI=1S/C71H64BN3/c1-45-25-33-54(34-26-45)73(55-35-27-47(28-36-55)46-15-9-8-10-16-46)56-43-65-69-66(44-56)75(62-40-30-51-20-12-18-49-22-14-24-58(62)68(49)51)64-42-53(71(5,6)7)32-38-60(64)72(69)59-37-31-52(70(2,3)4)41-63(59)74(65)61-39-29-50-19-11-17-48-21-13-23-57(61)67(48)50/h8-10,13-16,21-44H,11-12,17-20H2,1-7H3. The van der Waals surface area contributed by atoms with Gasteiger partial charge < -0.3 is 14.7 Å². The van der Waals surface area contributed by atoms with Crippen molar-refractivity contribution in [2.24, 2.45) is 0 Å². The van der Waals surface area contributed by atoms with E-state index in [2.05, 4.69) is 251 Å². The van der Waals surface area contributed by atoms with E-state index in [0.29, 0.717) is 0 Å². The van der Waals surface area contributed by atoms with Gasteiger partial charge >= 0.3 is 0 Å². The molecule has 3 nitrogen and oxygen atoms in total. The fourth-order valence-corrected chi connectivity index (χ4v) is 13.4. The molecule has 0 bridgehead atoms. The lowest BCUT2D eigenvalue weighted by atomic mass is 9.33. The van der Waals surface area contributed by atoms with E-state index in [1.165, 1.54) is 135 Å². The molecule has 366 valence electrons. The smallest absolute Gasteiger partial charge is 0.252 e. The number of rotatable bonds is 6. The van der Waals surface area contributed by atoms with Gasteiger partial charge in [0.05, 0.1) is 17.1 Å². The number of hydrogen-bond donors (Lipinski definition) is 0. The van der Waals surface area contributed by atoms with Crippen molar-refractivity contribution in [1.29, 1.82) is 0 Å². The predicted octanol–water partition coefficient (Wildman–Crippen LogP) is 17.1. The molecule has 0 spiro atoms. The fourth-order valence-electron chi connectivity index (χ4n) is 13.4. The summed E-state index contributed by atoms with van der Waals surface area (Å²) in [6, 6.07) is 73.1. The maximum Gasteiger partial charge on any atom is 0.252 e. The van der Waals surface area contributed by atoms with Crippen LogP contribution >= 0.6 is 0 Å². The third-order valence-electron chi connectivity index (χ3n) is 17.2. The summed E-state index contributed by atoms with van der Waals surface area (Å²) in [4.78, 5) is 7.89. The van der Waals surface area contributed by atoms with Crippen molar-refractivity contribution in [2.75, 3.05) is 14.7 Å². The highest BCUT2D eigenvalue weighted by molar-refractivity contribution is 7.00. The molecule has 0 atom stereocenters. The molecule has 2 aliphatic carbocycles. The molecule has 2 aliphatic heterocycles. The second-order valence-corrected chi connectivity index (χ2v) is 24.0. The Kier molecular flexibility index (Phi) is 10.4. The first-order valence-corrected chi connectivity index (χ1v) is 27.5. The van der Waals surface area contributed by atoms with Crippen LogP contribution in [0.5, 0.6) is 0 Å². The number of aryl methyl sites for hydroxylation is 5. The van der Waals surface area contributed by atoms with Gasteiger partial charge in [-0.1, -0.05) is 174 Å². The summed E-state index contributed by atoms with van der Waals surface area (Å²) in [5, 5.41) is 5.53. The lowest BCUT2D eigenvalue weighted by Gasteiger charge is -2.46. The minimum atomic E-state index is -0.0698. The van der Waals surface area contributed by atoms with Crippen LogP contribution in [-0.4, -0.2) is 6.71 Å². The van der Waals surface area contributed by atoms with Gasteiger partial charge in [0.1, 0.15) is 0 Å². The van der Waals surface area contributed by atoms with Crippen LogP contribution in [0.3, 0.4) is 0 Å². The fraction of sp³-hybridized carbons (Fsp3) is 0.211. The zero-order valence-electron chi connectivity index (χ0n) is 44.6. The summed E-state index contributed by atoms with van der Waals surface area (Å²) >= 11 is 0. The number of anilines is 9. The summed E-state index contributed by atoms with van der Waals surface area (Å²) in [5.74, 6) is 0. The molecule has 0 fully saturated rings. The van der Waals surface area contributed by atoms with E-state index in [1.807, 2.05) is 0 Å². The summed E-state index contributed by atoms with van der Waals surface area (Å²) < 4.78 is 0. The first kappa shape index (κ1) is 45.8. The molecule has 4 aliphatic rings. The Morgan fingerprint density at radius 2 is 0.840 bits per heavy atom. The van der Waals surface area contributed by atoms with E-state index >= 15 is 0 Å². The van der Waals surface area contributed by atoms with E-state index in [0.717, 1.165) is 42.7 Å². The van der Waals surface area contributed by atoms with Gasteiger partial charge in [-0.3, -0.25) is 0 Å². The van der Waals surface area contributed by atoms with Gasteiger partial charge in [-0.05, 0) is 189 Å². The topological polar surface area (TPSA) is 9.72 Å². The van der Waals surface area contributed by atoms with E-state index in [1.54, 1.807) is 0 Å². The zero-order valence-corrected chi connectivity index (χ0v) is 44.6. The van der Waals surface area contributed by atoms with Crippen LogP contribution in [0.4, 0.5) is 51.2 Å². The molecule has 0 radical (unpaired) electrons. The molecule has 10 aromatic rings. The molecule has 2 heterocycles. The van der Waals surface area contributed by atoms with E-state index < -0.39 is 0 Å². The Morgan fingerprint density at radius 3 is 1.32 bits per heavy atom. The highest BCUT2D eigenvalue weighted by Gasteiger charge is 2.45. The molecule has 0 amide bonds. The number of hydrogen-bond acceptors (Lipinski definition) is 3. The second-order valence-electron chi connectivity index (χ2n) is 24.0. The maximum atomic E-state index is 2.69. The van der Waals surface area contributed by atoms with Gasteiger partial charge in [0.25, 0.3) is 6.71 Å². The molecule has 4 heteroatoms. The van der Waals surface area contributed by atoms with Gasteiger partial charge in [-0.25, -0.2) is 0 Å². The van der Waals surface area contributed by atoms with Crippen LogP contribution < -0.4 is 31.1 Å². The lowest BCUT2D eigenvalue weighted by molar-refractivity contribution is 0.590. The van der Waals surface area contributed by atoms with Crippen molar-refractivity contribution in [1.82, 2.24) is 0 Å². The number of nitrogens with zero attached hydrogens (tertiary/aromatic N) is 3. The Morgan fingerprint density at radius 1 is 0.387 bits per heavy atom. The molecule has 0 saturated carbocycles. The van der Waals surface area contributed by atoms with Gasteiger partial charge in [-0.2, -0.15) is 0 Å². The third-order valence-corrected chi connectivity index (χ3v) is 17.2. The molecular weight excluding hydrogens is 906 g/mol. The second kappa shape index (κ2) is 17.1. The van der Waals surface area contributed by atoms with Crippen molar-refractivity contribution in [3.8, 4) is 11.1 Å². The van der Waals surface area contributed by atoms with Crippen LogP contribution in [0.25, 0.3) is 32.7 Å². The number of benzene rings is 10. The Hall–Kier alpha value is -7.82. The molecular formula is C71H64BN3. The van der Waals surface area contributed by atoms with Crippen molar-refractivity contribution in [3.05, 3.63) is 227 Å². The first-order chi connectivity index (χ1) is 36.4. The Bertz CT molecular complexity index is 3720. The SMILES string of the molecule is Cc1ccc(N(c2ccc(-c3ccccc3)cc2)c2cc3c4c(c2)N(c2ccc5c6c(cccc26)CCC5)c2cc(C(C)(C)C)ccc2B4c2ccc(C(C)(C)C)cc2N3c2ccc3c4c(cccc24)CCC3)cc1. The monoisotopic (exact) mass is 970 g/mol. The number of fused-ring (bicyclic) bond motifs is 4. The molecule has 0 unspecified atom stereocenters. The summed E-state index contributed by atoms with van der Waals surface area (Å²) in [6.45, 7) is 16.3. The normalized spacial score (nSPS) is 14.5. The quantitative estimate of drug-likeness (QED) is 0.154. The zero-order chi connectivity index (χ0) is 50.9. The summed E-state index contributed by atoms with van der Waals surface area (Å²) in [5.41, 5.74) is 26.8. The van der Waals surface area contributed by atoms with Gasteiger partial charge in [-0.15, -0.1) is 0 Å². The van der Waals surface area contributed by atoms with Crippen LogP contribution in [0, 0.1) is 6.92 Å². The average molecular weight is 970 g/mol. The van der Waals surface area contributed by atoms with E-state index in [-0.39, 0.29) is 17.5 Å². The minimum absolute atomic E-state index is 0.0254. The van der Waals surface area contributed by atoms with Crippen LogP contribution in [0.1, 0.15) is 93.3 Å². The first-order valence-electron chi connectivity index (χ1n) is 27.5. The van der Waals surface area contributed by atoms with Gasteiger partial charge in [0.2, 0.25) is 0 Å². The molecule has 75 heavy (non-hydrogen) atoms. The Labute approximate surface area is 444 Å². The van der Waals surface area contributed by atoms with Crippen molar-refractivity contribution in [2.45, 2.75) is 97.8 Å². The lowest BCUT2D eigenvalue weighted by Crippen LogP contribution is -2.61. The van der Waals surface area contributed by atoms with Crippen LogP contribution in [0.15, 0.2) is 188 Å². The Balaban J connectivity index is 1.13. The highest BCUT2D eigenvalue weighted by atomic mass is 15.2. The molecule has 0 aromatic heterocycles. The van der Waals surface area contributed by atoms with Crippen molar-refractivity contribution in [3.63, 3.8) is 0 Å². The highest BCUT2D eigenvalue weighted by Crippen LogP contribution is 2.52. The largest absolute Gasteiger partial charge is 0.311 e. The predicted molar refractivity (Wildman–Crippen MR) is 322 cm³/mol. The average Bonchev–Trinajstić information content (AvgIpc) is 3.47. The van der Waals surface area contributed by atoms with Crippen molar-refractivity contribution < 1.29 is 0 Å². The minimum Gasteiger partial charge on any atom is -0.311 e. The summed E-state index contributed by atoms with van der Waals surface area (Å²) in [6.07, 6.45) is 6.81. The molecule has 14 rings (SSSR count). The van der Waals surface area contributed by atoms with Crippen LogP contribution in [-0.2, 0) is 36.5 Å². The molecule has 0 N–H and O–H groups in total. The molecule has 10 aromatic carbocycles. The third kappa shape index (κ3) is 7.38. The summed E-state index contributed by atoms with van der Waals surface area (Å²) in [7, 11) is 0. The van der Waals surface area contributed by atoms with E-state index in [9.17, 15) is 0 Å². The van der Waals surface area contributed by atoms with E-state index in [4.69, 9.17) is 0 Å².